The Bertz CT molecular complexity index is 287. The van der Waals surface area contributed by atoms with E-state index in [1.54, 1.807) is 6.20 Å². The Labute approximate surface area is 98.0 Å². The van der Waals surface area contributed by atoms with Gasteiger partial charge < -0.3 is 10.5 Å². The van der Waals surface area contributed by atoms with Crippen LogP contribution in [0.1, 0.15) is 39.0 Å². The van der Waals surface area contributed by atoms with Gasteiger partial charge in [0.15, 0.2) is 0 Å². The molecule has 0 saturated heterocycles. The smallest absolute Gasteiger partial charge is 0.112 e. The van der Waals surface area contributed by atoms with Gasteiger partial charge in [-0.15, -0.1) is 0 Å². The molecule has 1 heterocycles. The molecule has 0 aliphatic carbocycles. The molecule has 3 nitrogen and oxygen atoms in total. The predicted molar refractivity (Wildman–Crippen MR) is 66.0 cm³/mol. The lowest BCUT2D eigenvalue weighted by molar-refractivity contribution is -0.0105. The molecule has 0 bridgehead atoms. The first-order valence-electron chi connectivity index (χ1n) is 5.90. The van der Waals surface area contributed by atoms with Crippen molar-refractivity contribution in [2.45, 2.75) is 39.4 Å². The van der Waals surface area contributed by atoms with Crippen LogP contribution < -0.4 is 5.73 Å². The fraction of sp³-hybridized carbons (Fsp3) is 0.615. The van der Waals surface area contributed by atoms with Crippen LogP contribution >= 0.6 is 0 Å². The normalized spacial score (nSPS) is 15.1. The number of pyridine rings is 1. The molecule has 0 spiro atoms. The summed E-state index contributed by atoms with van der Waals surface area (Å²) in [4.78, 5) is 4.28. The minimum Gasteiger partial charge on any atom is -0.368 e. The van der Waals surface area contributed by atoms with Crippen molar-refractivity contribution in [2.24, 2.45) is 11.7 Å². The number of nitrogens with zero attached hydrogens (tertiary/aromatic N) is 1. The van der Waals surface area contributed by atoms with Gasteiger partial charge in [-0.1, -0.05) is 19.9 Å². The van der Waals surface area contributed by atoms with Crippen molar-refractivity contribution in [3.05, 3.63) is 30.1 Å². The van der Waals surface area contributed by atoms with Crippen molar-refractivity contribution in [1.29, 1.82) is 0 Å². The van der Waals surface area contributed by atoms with Crippen LogP contribution in [0.15, 0.2) is 24.4 Å². The molecule has 2 unspecified atom stereocenters. The molecule has 1 aromatic rings. The molecule has 2 N–H and O–H groups in total. The molecule has 0 amide bonds. The van der Waals surface area contributed by atoms with Crippen molar-refractivity contribution < 1.29 is 4.74 Å². The molecule has 2 atom stereocenters. The number of ether oxygens (including phenoxy) is 1. The molecule has 0 aliphatic heterocycles. The summed E-state index contributed by atoms with van der Waals surface area (Å²) in [6.45, 7) is 6.95. The first-order valence-corrected chi connectivity index (χ1v) is 5.90. The fourth-order valence-electron chi connectivity index (χ4n) is 1.81. The van der Waals surface area contributed by atoms with Crippen LogP contribution in [0.5, 0.6) is 0 Å². The van der Waals surface area contributed by atoms with Crippen LogP contribution in [0.25, 0.3) is 0 Å². The van der Waals surface area contributed by atoms with E-state index in [1.807, 2.05) is 18.2 Å². The predicted octanol–water partition coefficient (Wildman–Crippen LogP) is 2.53. The minimum absolute atomic E-state index is 0.0880. The zero-order chi connectivity index (χ0) is 12.0. The van der Waals surface area contributed by atoms with E-state index in [1.165, 1.54) is 0 Å². The minimum atomic E-state index is -0.0880. The third-order valence-electron chi connectivity index (χ3n) is 2.43. The van der Waals surface area contributed by atoms with Gasteiger partial charge >= 0.3 is 0 Å². The summed E-state index contributed by atoms with van der Waals surface area (Å²) >= 11 is 0. The fourth-order valence-corrected chi connectivity index (χ4v) is 1.81. The van der Waals surface area contributed by atoms with Crippen LogP contribution in [-0.2, 0) is 4.74 Å². The summed E-state index contributed by atoms with van der Waals surface area (Å²) in [7, 11) is 0. The summed E-state index contributed by atoms with van der Waals surface area (Å²) in [5.74, 6) is 0.636. The molecule has 0 fully saturated rings. The van der Waals surface area contributed by atoms with Gasteiger partial charge in [-0.25, -0.2) is 0 Å². The number of aromatic nitrogens is 1. The Morgan fingerprint density at radius 2 is 2.06 bits per heavy atom. The highest BCUT2D eigenvalue weighted by Crippen LogP contribution is 2.18. The van der Waals surface area contributed by atoms with E-state index in [2.05, 4.69) is 25.8 Å². The third-order valence-corrected chi connectivity index (χ3v) is 2.43. The second-order valence-electron chi connectivity index (χ2n) is 4.56. The summed E-state index contributed by atoms with van der Waals surface area (Å²) < 4.78 is 5.91. The topological polar surface area (TPSA) is 48.1 Å². The molecule has 0 aromatic carbocycles. The second kappa shape index (κ2) is 6.61. The highest BCUT2D eigenvalue weighted by molar-refractivity contribution is 5.07. The number of rotatable bonds is 6. The van der Waals surface area contributed by atoms with Crippen LogP contribution in [0.2, 0.25) is 0 Å². The summed E-state index contributed by atoms with van der Waals surface area (Å²) in [6.07, 6.45) is 2.95. The van der Waals surface area contributed by atoms with Gasteiger partial charge in [0.2, 0.25) is 0 Å². The molecule has 90 valence electrons. The van der Waals surface area contributed by atoms with Gasteiger partial charge in [-0.3, -0.25) is 4.98 Å². The Hall–Kier alpha value is -0.930. The lowest BCUT2D eigenvalue weighted by Gasteiger charge is -2.22. The lowest BCUT2D eigenvalue weighted by atomic mass is 10.1. The summed E-state index contributed by atoms with van der Waals surface area (Å²) in [5, 5.41) is 0. The second-order valence-corrected chi connectivity index (χ2v) is 4.56. The Morgan fingerprint density at radius 3 is 2.56 bits per heavy atom. The SMILES string of the molecule is CC(C)CC(C)OC(CN)c1ccccn1. The molecule has 0 aliphatic rings. The number of nitrogens with two attached hydrogens (primary N) is 1. The van der Waals surface area contributed by atoms with E-state index < -0.39 is 0 Å². The maximum Gasteiger partial charge on any atom is 0.112 e. The monoisotopic (exact) mass is 222 g/mol. The quantitative estimate of drug-likeness (QED) is 0.804. The van der Waals surface area contributed by atoms with Crippen LogP contribution in [-0.4, -0.2) is 17.6 Å². The van der Waals surface area contributed by atoms with Crippen LogP contribution in [0.4, 0.5) is 0 Å². The lowest BCUT2D eigenvalue weighted by Crippen LogP contribution is -2.22. The Kier molecular flexibility index (Phi) is 5.43. The van der Waals surface area contributed by atoms with Crippen molar-refractivity contribution in [1.82, 2.24) is 4.98 Å². The van der Waals surface area contributed by atoms with E-state index in [9.17, 15) is 0 Å². The van der Waals surface area contributed by atoms with E-state index in [4.69, 9.17) is 10.5 Å². The number of hydrogen-bond donors (Lipinski definition) is 1. The van der Waals surface area contributed by atoms with E-state index >= 15 is 0 Å². The van der Waals surface area contributed by atoms with Gasteiger partial charge in [-0.2, -0.15) is 0 Å². The van der Waals surface area contributed by atoms with Gasteiger partial charge in [0.25, 0.3) is 0 Å². The Morgan fingerprint density at radius 1 is 1.31 bits per heavy atom. The first kappa shape index (κ1) is 13.1. The molecule has 1 aromatic heterocycles. The van der Waals surface area contributed by atoms with E-state index in [-0.39, 0.29) is 12.2 Å². The Balaban J connectivity index is 2.56. The zero-order valence-corrected chi connectivity index (χ0v) is 10.4. The number of hydrogen-bond acceptors (Lipinski definition) is 3. The van der Waals surface area contributed by atoms with Gasteiger partial charge in [0.05, 0.1) is 11.8 Å². The molecular formula is C13H22N2O. The molecular weight excluding hydrogens is 200 g/mol. The van der Waals surface area contributed by atoms with E-state index in [0.717, 1.165) is 12.1 Å². The summed E-state index contributed by atoms with van der Waals surface area (Å²) in [6, 6.07) is 5.82. The van der Waals surface area contributed by atoms with Gasteiger partial charge in [0.1, 0.15) is 6.10 Å². The third kappa shape index (κ3) is 4.29. The highest BCUT2D eigenvalue weighted by atomic mass is 16.5. The molecule has 0 saturated carbocycles. The molecule has 1 rings (SSSR count). The highest BCUT2D eigenvalue weighted by Gasteiger charge is 2.15. The van der Waals surface area contributed by atoms with Crippen molar-refractivity contribution >= 4 is 0 Å². The maximum absolute atomic E-state index is 5.91. The van der Waals surface area contributed by atoms with Crippen molar-refractivity contribution in [3.63, 3.8) is 0 Å². The average molecular weight is 222 g/mol. The van der Waals surface area contributed by atoms with Crippen molar-refractivity contribution in [2.75, 3.05) is 6.54 Å². The maximum atomic E-state index is 5.91. The van der Waals surface area contributed by atoms with Crippen LogP contribution in [0.3, 0.4) is 0 Å². The molecule has 3 heteroatoms. The largest absolute Gasteiger partial charge is 0.368 e. The van der Waals surface area contributed by atoms with E-state index in [0.29, 0.717) is 12.5 Å². The van der Waals surface area contributed by atoms with Gasteiger partial charge in [0, 0.05) is 12.7 Å². The molecule has 0 radical (unpaired) electrons. The van der Waals surface area contributed by atoms with Crippen LogP contribution in [0, 0.1) is 5.92 Å². The average Bonchev–Trinajstić information content (AvgIpc) is 2.26. The molecule has 16 heavy (non-hydrogen) atoms. The van der Waals surface area contributed by atoms with Gasteiger partial charge in [-0.05, 0) is 31.4 Å². The first-order chi connectivity index (χ1) is 7.63. The zero-order valence-electron chi connectivity index (χ0n) is 10.4. The van der Waals surface area contributed by atoms with Crippen molar-refractivity contribution in [3.8, 4) is 0 Å². The summed E-state index contributed by atoms with van der Waals surface area (Å²) in [5.41, 5.74) is 6.64. The standard InChI is InChI=1S/C13H22N2O/c1-10(2)8-11(3)16-13(9-14)12-6-4-5-7-15-12/h4-7,10-11,13H,8-9,14H2,1-3H3.